The summed E-state index contributed by atoms with van der Waals surface area (Å²) >= 11 is 0. The number of aromatic nitrogens is 2. The van der Waals surface area contributed by atoms with Gasteiger partial charge in [-0.15, -0.1) is 0 Å². The van der Waals surface area contributed by atoms with Crippen molar-refractivity contribution in [3.63, 3.8) is 0 Å². The Morgan fingerprint density at radius 2 is 1.96 bits per heavy atom. The number of hydrogen-bond donors (Lipinski definition) is 2. The molecule has 0 aliphatic carbocycles. The van der Waals surface area contributed by atoms with Gasteiger partial charge in [0, 0.05) is 17.9 Å². The Morgan fingerprint density at radius 3 is 2.70 bits per heavy atom. The van der Waals surface area contributed by atoms with E-state index in [-0.39, 0.29) is 5.91 Å². The summed E-state index contributed by atoms with van der Waals surface area (Å²) in [5.41, 5.74) is 3.31. The summed E-state index contributed by atoms with van der Waals surface area (Å²) in [6.45, 7) is 6.72. The molecule has 0 bridgehead atoms. The van der Waals surface area contributed by atoms with Gasteiger partial charge in [-0.1, -0.05) is 38.5 Å². The van der Waals surface area contributed by atoms with Crippen LogP contribution in [0.25, 0.3) is 0 Å². The van der Waals surface area contributed by atoms with Crippen molar-refractivity contribution in [2.75, 3.05) is 11.9 Å². The minimum atomic E-state index is -0.157. The molecule has 0 atom stereocenters. The molecule has 1 amide bonds. The van der Waals surface area contributed by atoms with E-state index in [2.05, 4.69) is 40.5 Å². The van der Waals surface area contributed by atoms with Crippen molar-refractivity contribution in [1.82, 2.24) is 15.3 Å². The maximum Gasteiger partial charge on any atom is 0.270 e. The van der Waals surface area contributed by atoms with Crippen LogP contribution >= 0.6 is 0 Å². The lowest BCUT2D eigenvalue weighted by molar-refractivity contribution is 0.0948. The molecule has 2 N–H and O–H groups in total. The fourth-order valence-corrected chi connectivity index (χ4v) is 2.28. The zero-order valence-electron chi connectivity index (χ0n) is 14.0. The summed E-state index contributed by atoms with van der Waals surface area (Å²) in [5, 5.41) is 6.11. The Kier molecular flexibility index (Phi) is 6.09. The van der Waals surface area contributed by atoms with Crippen LogP contribution in [-0.4, -0.2) is 22.4 Å². The molecule has 2 aromatic rings. The lowest BCUT2D eigenvalue weighted by Gasteiger charge is -2.11. The van der Waals surface area contributed by atoms with Crippen molar-refractivity contribution in [2.24, 2.45) is 0 Å². The van der Waals surface area contributed by atoms with Crippen LogP contribution in [0.2, 0.25) is 0 Å². The number of anilines is 2. The average Bonchev–Trinajstić information content (AvgIpc) is 2.55. The first-order chi connectivity index (χ1) is 11.1. The Labute approximate surface area is 137 Å². The van der Waals surface area contributed by atoms with Crippen LogP contribution in [0.3, 0.4) is 0 Å². The van der Waals surface area contributed by atoms with Gasteiger partial charge in [0.1, 0.15) is 5.69 Å². The number of benzene rings is 1. The number of aryl methyl sites for hydroxylation is 2. The van der Waals surface area contributed by atoms with E-state index in [1.54, 1.807) is 6.07 Å². The van der Waals surface area contributed by atoms with Gasteiger partial charge < -0.3 is 10.6 Å². The molecule has 0 saturated heterocycles. The van der Waals surface area contributed by atoms with Crippen molar-refractivity contribution >= 4 is 17.5 Å². The average molecular weight is 312 g/mol. The quantitative estimate of drug-likeness (QED) is 0.766. The third-order valence-corrected chi connectivity index (χ3v) is 3.55. The molecule has 5 heteroatoms. The molecule has 0 spiro atoms. The monoisotopic (exact) mass is 312 g/mol. The number of nitrogens with zero attached hydrogens (tertiary/aromatic N) is 2. The second-order valence-electron chi connectivity index (χ2n) is 5.46. The summed E-state index contributed by atoms with van der Waals surface area (Å²) in [6.07, 6.45) is 2.92. The van der Waals surface area contributed by atoms with Crippen molar-refractivity contribution in [3.8, 4) is 0 Å². The highest BCUT2D eigenvalue weighted by Crippen LogP contribution is 2.19. The van der Waals surface area contributed by atoms with Gasteiger partial charge in [0.2, 0.25) is 5.95 Å². The van der Waals surface area contributed by atoms with Crippen LogP contribution in [-0.2, 0) is 6.42 Å². The maximum atomic E-state index is 12.2. The fourth-order valence-electron chi connectivity index (χ4n) is 2.28. The number of unbranched alkanes of at least 4 members (excludes halogenated alkanes) is 1. The Morgan fingerprint density at radius 1 is 1.17 bits per heavy atom. The number of amides is 1. The number of nitrogens with one attached hydrogen (secondary N) is 2. The standard InChI is InChI=1S/C18H24N4O/c1-4-6-11-19-17(23)16-12-13(3)20-18(22-16)21-15-10-8-7-9-14(15)5-2/h7-10,12H,4-6,11H2,1-3H3,(H,19,23)(H,20,21,22). The second kappa shape index (κ2) is 8.27. The first kappa shape index (κ1) is 16.9. The summed E-state index contributed by atoms with van der Waals surface area (Å²) < 4.78 is 0. The zero-order chi connectivity index (χ0) is 16.7. The van der Waals surface area contributed by atoms with E-state index in [0.717, 1.165) is 30.6 Å². The molecule has 0 saturated carbocycles. The SMILES string of the molecule is CCCCNC(=O)c1cc(C)nc(Nc2ccccc2CC)n1. The Hall–Kier alpha value is -2.43. The number of carbonyl (C=O) groups is 1. The van der Waals surface area contributed by atoms with Crippen molar-refractivity contribution in [2.45, 2.75) is 40.0 Å². The topological polar surface area (TPSA) is 66.9 Å². The van der Waals surface area contributed by atoms with Gasteiger partial charge >= 0.3 is 0 Å². The highest BCUT2D eigenvalue weighted by Gasteiger charge is 2.11. The van der Waals surface area contributed by atoms with E-state index in [1.165, 1.54) is 5.56 Å². The normalized spacial score (nSPS) is 10.4. The van der Waals surface area contributed by atoms with Crippen LogP contribution in [0.4, 0.5) is 11.6 Å². The van der Waals surface area contributed by atoms with Crippen LogP contribution in [0.5, 0.6) is 0 Å². The van der Waals surface area contributed by atoms with Gasteiger partial charge in [-0.25, -0.2) is 9.97 Å². The third kappa shape index (κ3) is 4.77. The molecule has 0 unspecified atom stereocenters. The van der Waals surface area contributed by atoms with E-state index in [9.17, 15) is 4.79 Å². The van der Waals surface area contributed by atoms with E-state index >= 15 is 0 Å². The predicted molar refractivity (Wildman–Crippen MR) is 93.1 cm³/mol. The van der Waals surface area contributed by atoms with E-state index in [0.29, 0.717) is 18.2 Å². The maximum absolute atomic E-state index is 12.2. The first-order valence-electron chi connectivity index (χ1n) is 8.12. The lowest BCUT2D eigenvalue weighted by atomic mass is 10.1. The smallest absolute Gasteiger partial charge is 0.270 e. The minimum absolute atomic E-state index is 0.157. The van der Waals surface area contributed by atoms with Crippen LogP contribution in [0, 0.1) is 6.92 Å². The van der Waals surface area contributed by atoms with E-state index < -0.39 is 0 Å². The van der Waals surface area contributed by atoms with Gasteiger partial charge in [0.05, 0.1) is 0 Å². The second-order valence-corrected chi connectivity index (χ2v) is 5.46. The van der Waals surface area contributed by atoms with Crippen molar-refractivity contribution < 1.29 is 4.79 Å². The predicted octanol–water partition coefficient (Wildman–Crippen LogP) is 3.62. The summed E-state index contributed by atoms with van der Waals surface area (Å²) in [5.74, 6) is 0.294. The number of para-hydroxylation sites is 1. The van der Waals surface area contributed by atoms with Gasteiger partial charge in [0.15, 0.2) is 0 Å². The molecule has 23 heavy (non-hydrogen) atoms. The first-order valence-corrected chi connectivity index (χ1v) is 8.12. The zero-order valence-corrected chi connectivity index (χ0v) is 14.0. The minimum Gasteiger partial charge on any atom is -0.351 e. The van der Waals surface area contributed by atoms with Gasteiger partial charge in [-0.2, -0.15) is 0 Å². The van der Waals surface area contributed by atoms with Crippen molar-refractivity contribution in [1.29, 1.82) is 0 Å². The molecule has 1 aromatic heterocycles. The van der Waals surface area contributed by atoms with Gasteiger partial charge in [0.25, 0.3) is 5.91 Å². The van der Waals surface area contributed by atoms with E-state index in [4.69, 9.17) is 0 Å². The largest absolute Gasteiger partial charge is 0.351 e. The van der Waals surface area contributed by atoms with Crippen LogP contribution in [0.1, 0.15) is 48.4 Å². The van der Waals surface area contributed by atoms with Crippen molar-refractivity contribution in [3.05, 3.63) is 47.3 Å². The molecule has 1 aromatic carbocycles. The Balaban J connectivity index is 2.18. The highest BCUT2D eigenvalue weighted by molar-refractivity contribution is 5.92. The third-order valence-electron chi connectivity index (χ3n) is 3.55. The van der Waals surface area contributed by atoms with Crippen LogP contribution in [0.15, 0.2) is 30.3 Å². The highest BCUT2D eigenvalue weighted by atomic mass is 16.1. The fraction of sp³-hybridized carbons (Fsp3) is 0.389. The number of hydrogen-bond acceptors (Lipinski definition) is 4. The van der Waals surface area contributed by atoms with Crippen LogP contribution < -0.4 is 10.6 Å². The molecule has 2 rings (SSSR count). The van der Waals surface area contributed by atoms with Gasteiger partial charge in [-0.3, -0.25) is 4.79 Å². The molecule has 122 valence electrons. The molecule has 5 nitrogen and oxygen atoms in total. The lowest BCUT2D eigenvalue weighted by Crippen LogP contribution is -2.25. The summed E-state index contributed by atoms with van der Waals surface area (Å²) in [4.78, 5) is 20.9. The molecular formula is C18H24N4O. The molecule has 0 aliphatic rings. The summed E-state index contributed by atoms with van der Waals surface area (Å²) in [6, 6.07) is 9.74. The Bertz CT molecular complexity index is 670. The summed E-state index contributed by atoms with van der Waals surface area (Å²) in [7, 11) is 0. The molecule has 0 fully saturated rings. The molecule has 0 aliphatic heterocycles. The number of carbonyl (C=O) groups excluding carboxylic acids is 1. The van der Waals surface area contributed by atoms with Gasteiger partial charge in [-0.05, 0) is 37.5 Å². The van der Waals surface area contributed by atoms with E-state index in [1.807, 2.05) is 25.1 Å². The molecule has 0 radical (unpaired) electrons. The number of rotatable bonds is 7. The molecule has 1 heterocycles. The molecular weight excluding hydrogens is 288 g/mol.